The topological polar surface area (TPSA) is 223 Å². The van der Waals surface area contributed by atoms with Crippen molar-refractivity contribution in [1.82, 2.24) is 0 Å². The lowest BCUT2D eigenvalue weighted by Crippen LogP contribution is -2.72. The summed E-state index contributed by atoms with van der Waals surface area (Å²) >= 11 is 0. The number of methoxy groups -OCH3 is 3. The number of aliphatic hydroxyl groups is 7. The van der Waals surface area contributed by atoms with Gasteiger partial charge in [0, 0.05) is 38.2 Å². The van der Waals surface area contributed by atoms with Gasteiger partial charge in [0.05, 0.1) is 31.5 Å². The van der Waals surface area contributed by atoms with Gasteiger partial charge in [0.1, 0.15) is 48.0 Å². The molecule has 0 aromatic carbocycles. The molecule has 2 fully saturated rings. The van der Waals surface area contributed by atoms with E-state index in [0.717, 1.165) is 22.3 Å². The summed E-state index contributed by atoms with van der Waals surface area (Å²) in [5, 5.41) is 78.4. The summed E-state index contributed by atoms with van der Waals surface area (Å²) < 4.78 is 41.1. The van der Waals surface area contributed by atoms with Gasteiger partial charge in [0.25, 0.3) is 0 Å². The van der Waals surface area contributed by atoms with E-state index in [1.165, 1.54) is 27.2 Å². The second-order valence-corrected chi connectivity index (χ2v) is 17.5. The third-order valence-electron chi connectivity index (χ3n) is 12.2. The number of rotatable bonds is 10. The summed E-state index contributed by atoms with van der Waals surface area (Å²) in [4.78, 5) is 14.0. The van der Waals surface area contributed by atoms with Crippen LogP contribution in [-0.2, 0) is 38.0 Å². The van der Waals surface area contributed by atoms with E-state index >= 15 is 0 Å². The van der Waals surface area contributed by atoms with E-state index in [-0.39, 0.29) is 24.3 Å². The fraction of sp³-hybridized carbons (Fsp3) is 0.717. The molecule has 0 radical (unpaired) electrons. The van der Waals surface area contributed by atoms with E-state index in [2.05, 4.69) is 0 Å². The van der Waals surface area contributed by atoms with Crippen LogP contribution in [0.15, 0.2) is 70.1 Å². The molecule has 15 heteroatoms. The van der Waals surface area contributed by atoms with Gasteiger partial charge < -0.3 is 68.9 Å². The molecule has 0 aromatic rings. The SMILES string of the molecule is COCCCC1OC(O)(C(C)C2CC(C)C(O)C=C(C)C=C(C)C=C(C)C(OC3OC(C)C(O)C(O)C3O)C(C)C=C(C)C=C(OC)C=C(C)C(=O)O2)C(OC)C(O)C1(C)O. The molecule has 0 aromatic heterocycles. The van der Waals surface area contributed by atoms with Crippen molar-refractivity contribution in [2.24, 2.45) is 17.8 Å². The predicted molar refractivity (Wildman–Crippen MR) is 227 cm³/mol. The highest BCUT2D eigenvalue weighted by Crippen LogP contribution is 2.44. The Labute approximate surface area is 362 Å². The van der Waals surface area contributed by atoms with Crippen LogP contribution in [0.4, 0.5) is 0 Å². The van der Waals surface area contributed by atoms with E-state index in [9.17, 15) is 40.5 Å². The molecule has 15 nitrogen and oxygen atoms in total. The van der Waals surface area contributed by atoms with Crippen molar-refractivity contribution in [2.75, 3.05) is 27.9 Å². The second-order valence-electron chi connectivity index (χ2n) is 17.5. The molecule has 3 aliphatic heterocycles. The minimum atomic E-state index is -2.26. The van der Waals surface area contributed by atoms with Gasteiger partial charge in [0.15, 0.2) is 6.29 Å². The number of carbonyl (C=O) groups excluding carboxylic acids is 1. The molecule has 7 N–H and O–H groups in total. The highest BCUT2D eigenvalue weighted by atomic mass is 16.7. The molecule has 0 bridgehead atoms. The van der Waals surface area contributed by atoms with Crippen LogP contribution < -0.4 is 0 Å². The third-order valence-corrected chi connectivity index (χ3v) is 12.2. The molecule has 0 amide bonds. The molecule has 0 saturated carbocycles. The molecule has 61 heavy (non-hydrogen) atoms. The summed E-state index contributed by atoms with van der Waals surface area (Å²) in [7, 11) is 4.29. The van der Waals surface area contributed by atoms with Gasteiger partial charge in [-0.2, -0.15) is 0 Å². The van der Waals surface area contributed by atoms with Crippen LogP contribution in [0.5, 0.6) is 0 Å². The van der Waals surface area contributed by atoms with Crippen LogP contribution in [0.2, 0.25) is 0 Å². The van der Waals surface area contributed by atoms with Crippen molar-refractivity contribution in [3.63, 3.8) is 0 Å². The summed E-state index contributed by atoms with van der Waals surface area (Å²) in [6.45, 7) is 17.7. The Morgan fingerprint density at radius 1 is 0.852 bits per heavy atom. The average molecular weight is 867 g/mol. The van der Waals surface area contributed by atoms with E-state index in [0.29, 0.717) is 18.8 Å². The van der Waals surface area contributed by atoms with Gasteiger partial charge >= 0.3 is 5.97 Å². The summed E-state index contributed by atoms with van der Waals surface area (Å²) in [6.07, 6.45) is -1.84. The highest BCUT2D eigenvalue weighted by molar-refractivity contribution is 5.88. The van der Waals surface area contributed by atoms with Crippen LogP contribution >= 0.6 is 0 Å². The Hall–Kier alpha value is -2.77. The van der Waals surface area contributed by atoms with Gasteiger partial charge in [-0.15, -0.1) is 0 Å². The van der Waals surface area contributed by atoms with Crippen LogP contribution in [0.1, 0.15) is 88.5 Å². The third kappa shape index (κ3) is 13.1. The molecule has 348 valence electrons. The molecule has 16 atom stereocenters. The number of ether oxygens (including phenoxy) is 7. The lowest BCUT2D eigenvalue weighted by molar-refractivity contribution is -0.392. The number of hydrogen-bond acceptors (Lipinski definition) is 15. The van der Waals surface area contributed by atoms with E-state index in [1.54, 1.807) is 47.0 Å². The average Bonchev–Trinajstić information content (AvgIpc) is 3.18. The number of hydrogen-bond donors (Lipinski definition) is 7. The van der Waals surface area contributed by atoms with Gasteiger partial charge in [-0.1, -0.05) is 61.8 Å². The zero-order valence-electron chi connectivity index (χ0n) is 38.3. The number of cyclic esters (lactones) is 1. The summed E-state index contributed by atoms with van der Waals surface area (Å²) in [5.74, 6) is -4.64. The molecule has 2 saturated heterocycles. The molecule has 3 rings (SSSR count). The number of esters is 1. The Bertz CT molecular complexity index is 1650. The first-order valence-corrected chi connectivity index (χ1v) is 21.2. The monoisotopic (exact) mass is 867 g/mol. The van der Waals surface area contributed by atoms with Crippen LogP contribution in [-0.4, -0.2) is 148 Å². The minimum Gasteiger partial charge on any atom is -0.497 e. The van der Waals surface area contributed by atoms with Crippen molar-refractivity contribution >= 4 is 5.97 Å². The molecular formula is C46H74O15. The molecule has 3 heterocycles. The molecule has 0 aliphatic carbocycles. The number of aliphatic hydroxyl groups excluding tert-OH is 5. The summed E-state index contributed by atoms with van der Waals surface area (Å²) in [5.41, 5.74) is 1.39. The molecule has 3 aliphatic rings. The largest absolute Gasteiger partial charge is 0.497 e. The minimum absolute atomic E-state index is 0.0426. The zero-order chi connectivity index (χ0) is 46.1. The van der Waals surface area contributed by atoms with Gasteiger partial charge in [0.2, 0.25) is 5.79 Å². The number of carbonyl (C=O) groups is 1. The maximum atomic E-state index is 14.0. The molecule has 0 spiro atoms. The fourth-order valence-corrected chi connectivity index (χ4v) is 8.37. The first-order valence-electron chi connectivity index (χ1n) is 21.2. The molecular weight excluding hydrogens is 792 g/mol. The second kappa shape index (κ2) is 22.7. The van der Waals surface area contributed by atoms with Crippen LogP contribution in [0, 0.1) is 17.8 Å². The Morgan fingerprint density at radius 2 is 1.49 bits per heavy atom. The normalized spacial score (nSPS) is 39.7. The van der Waals surface area contributed by atoms with Crippen molar-refractivity contribution in [2.45, 2.75) is 167 Å². The van der Waals surface area contributed by atoms with Crippen molar-refractivity contribution in [1.29, 1.82) is 0 Å². The molecule has 16 unspecified atom stereocenters. The quantitative estimate of drug-likeness (QED) is 0.123. The zero-order valence-corrected chi connectivity index (χ0v) is 38.3. The van der Waals surface area contributed by atoms with Crippen LogP contribution in [0.3, 0.4) is 0 Å². The van der Waals surface area contributed by atoms with Gasteiger partial charge in [-0.25, -0.2) is 4.79 Å². The van der Waals surface area contributed by atoms with Crippen molar-refractivity contribution in [3.8, 4) is 0 Å². The van der Waals surface area contributed by atoms with Gasteiger partial charge in [-0.05, 0) is 91.4 Å². The standard InChI is InChI=1S/C46H74O15/c1-24-17-25(2)21-34(47)27(4)23-35(31(8)46(54)42(57-13)41(51)45(10,53)36(61-46)15-14-16-55-11)59-43(52)30(7)22-33(56-12)20-26(3)19-29(6)40(28(5)18-24)60-44-39(50)38(49)37(48)32(9)58-44/h17-22,27,29,31-32,34-42,44,47-51,53-54H,14-16,23H2,1-13H3. The van der Waals surface area contributed by atoms with Crippen molar-refractivity contribution in [3.05, 3.63) is 70.1 Å². The smallest absolute Gasteiger partial charge is 0.334 e. The van der Waals surface area contributed by atoms with E-state index < -0.39 is 96.5 Å². The fourth-order valence-electron chi connectivity index (χ4n) is 8.37. The van der Waals surface area contributed by atoms with Crippen molar-refractivity contribution < 1.29 is 73.7 Å². The number of allylic oxidation sites excluding steroid dienone is 7. The highest BCUT2D eigenvalue weighted by Gasteiger charge is 2.62. The maximum Gasteiger partial charge on any atom is 0.334 e. The maximum absolute atomic E-state index is 14.0. The van der Waals surface area contributed by atoms with Gasteiger partial charge in [-0.3, -0.25) is 0 Å². The first kappa shape index (κ1) is 52.6. The lowest BCUT2D eigenvalue weighted by atomic mass is 9.75. The Morgan fingerprint density at radius 3 is 2.10 bits per heavy atom. The Balaban J connectivity index is 2.13. The lowest BCUT2D eigenvalue weighted by Gasteiger charge is -2.54. The van der Waals surface area contributed by atoms with E-state index in [1.807, 2.05) is 52.8 Å². The predicted octanol–water partition coefficient (Wildman–Crippen LogP) is 3.69. The van der Waals surface area contributed by atoms with Crippen LogP contribution in [0.25, 0.3) is 0 Å². The first-order chi connectivity index (χ1) is 28.4. The van der Waals surface area contributed by atoms with E-state index in [4.69, 9.17) is 33.2 Å². The Kier molecular flexibility index (Phi) is 19.6. The summed E-state index contributed by atoms with van der Waals surface area (Å²) in [6, 6.07) is 0.